The summed E-state index contributed by atoms with van der Waals surface area (Å²) in [6.45, 7) is 5.32. The molecule has 4 heterocycles. The van der Waals surface area contributed by atoms with Crippen LogP contribution in [0, 0.1) is 5.92 Å². The number of fused-ring (bicyclic) bond motifs is 1. The van der Waals surface area contributed by atoms with E-state index in [1.807, 2.05) is 18.3 Å². The number of nitrogens with one attached hydrogen (secondary N) is 1. The molecule has 6 heteroatoms. The molecule has 0 amide bonds. The van der Waals surface area contributed by atoms with Crippen LogP contribution in [0.4, 0.5) is 5.82 Å². The molecule has 0 saturated carbocycles. The molecular weight excluding hydrogens is 302 g/mol. The average Bonchev–Trinajstić information content (AvgIpc) is 3.27. The standard InChI is InChI=1S/C18H23N5O/c1-13-6-8-23(10-14-4-3-9-24-14)11-16(13)22(2)18-15-5-7-19-17(15)20-12-21-18/h3-5,7,9,12-13,16H,6,8,10-11H2,1-2H3,(H,19,20,21). The molecule has 1 aliphatic heterocycles. The van der Waals surface area contributed by atoms with Crippen molar-refractivity contribution in [3.05, 3.63) is 42.7 Å². The van der Waals surface area contributed by atoms with Crippen LogP contribution >= 0.6 is 0 Å². The van der Waals surface area contributed by atoms with Gasteiger partial charge in [0.25, 0.3) is 0 Å². The highest BCUT2D eigenvalue weighted by atomic mass is 16.3. The minimum absolute atomic E-state index is 0.418. The zero-order valence-corrected chi connectivity index (χ0v) is 14.1. The van der Waals surface area contributed by atoms with E-state index in [2.05, 4.69) is 44.8 Å². The third-order valence-corrected chi connectivity index (χ3v) is 5.13. The predicted octanol–water partition coefficient (Wildman–Crippen LogP) is 2.90. The normalized spacial score (nSPS) is 22.1. The van der Waals surface area contributed by atoms with Crippen molar-refractivity contribution < 1.29 is 4.42 Å². The van der Waals surface area contributed by atoms with Gasteiger partial charge in [-0.2, -0.15) is 0 Å². The summed E-state index contributed by atoms with van der Waals surface area (Å²) in [5, 5.41) is 1.08. The average molecular weight is 325 g/mol. The van der Waals surface area contributed by atoms with Gasteiger partial charge in [0.05, 0.1) is 18.2 Å². The van der Waals surface area contributed by atoms with Crippen molar-refractivity contribution >= 4 is 16.9 Å². The first kappa shape index (κ1) is 15.2. The lowest BCUT2D eigenvalue weighted by Crippen LogP contribution is -2.50. The van der Waals surface area contributed by atoms with Gasteiger partial charge < -0.3 is 14.3 Å². The van der Waals surface area contributed by atoms with Gasteiger partial charge in [-0.1, -0.05) is 6.92 Å². The van der Waals surface area contributed by atoms with Gasteiger partial charge in [-0.25, -0.2) is 9.97 Å². The molecule has 6 nitrogen and oxygen atoms in total. The molecule has 0 aliphatic carbocycles. The van der Waals surface area contributed by atoms with Crippen molar-refractivity contribution in [1.82, 2.24) is 19.9 Å². The van der Waals surface area contributed by atoms with E-state index in [0.717, 1.165) is 42.2 Å². The molecule has 0 spiro atoms. The number of likely N-dealkylation sites (N-methyl/N-ethyl adjacent to an activating group) is 1. The van der Waals surface area contributed by atoms with Crippen LogP contribution in [0.25, 0.3) is 11.0 Å². The highest BCUT2D eigenvalue weighted by Gasteiger charge is 2.31. The Morgan fingerprint density at radius 3 is 3.12 bits per heavy atom. The number of H-pyrrole nitrogens is 1. The summed E-state index contributed by atoms with van der Waals surface area (Å²) in [6, 6.07) is 6.47. The van der Waals surface area contributed by atoms with E-state index < -0.39 is 0 Å². The molecule has 1 N–H and O–H groups in total. The fourth-order valence-corrected chi connectivity index (χ4v) is 3.68. The minimum Gasteiger partial charge on any atom is -0.468 e. The molecule has 1 fully saturated rings. The van der Waals surface area contributed by atoms with Crippen molar-refractivity contribution in [1.29, 1.82) is 0 Å². The highest BCUT2D eigenvalue weighted by molar-refractivity contribution is 5.87. The number of aromatic nitrogens is 3. The lowest BCUT2D eigenvalue weighted by molar-refractivity contribution is 0.150. The third kappa shape index (κ3) is 2.78. The fourth-order valence-electron chi connectivity index (χ4n) is 3.68. The Balaban J connectivity index is 1.55. The Kier molecular flexibility index (Phi) is 3.98. The first-order valence-electron chi connectivity index (χ1n) is 8.48. The van der Waals surface area contributed by atoms with Crippen LogP contribution in [0.2, 0.25) is 0 Å². The zero-order chi connectivity index (χ0) is 16.5. The molecule has 24 heavy (non-hydrogen) atoms. The summed E-state index contributed by atoms with van der Waals surface area (Å²) in [5.41, 5.74) is 0.891. The molecule has 2 atom stereocenters. The number of hydrogen-bond acceptors (Lipinski definition) is 5. The highest BCUT2D eigenvalue weighted by Crippen LogP contribution is 2.29. The maximum absolute atomic E-state index is 5.51. The minimum atomic E-state index is 0.418. The van der Waals surface area contributed by atoms with Crippen LogP contribution in [0.3, 0.4) is 0 Å². The van der Waals surface area contributed by atoms with Crippen LogP contribution in [0.15, 0.2) is 41.4 Å². The molecule has 3 aromatic heterocycles. The van der Waals surface area contributed by atoms with Crippen LogP contribution in [0.5, 0.6) is 0 Å². The second kappa shape index (κ2) is 6.28. The Labute approximate surface area is 141 Å². The smallest absolute Gasteiger partial charge is 0.142 e. The number of rotatable bonds is 4. The van der Waals surface area contributed by atoms with Crippen LogP contribution in [-0.2, 0) is 6.54 Å². The zero-order valence-electron chi connectivity index (χ0n) is 14.1. The number of piperidine rings is 1. The largest absolute Gasteiger partial charge is 0.468 e. The van der Waals surface area contributed by atoms with Gasteiger partial charge in [0.15, 0.2) is 0 Å². The van der Waals surface area contributed by atoms with Gasteiger partial charge in [-0.05, 0) is 37.1 Å². The molecule has 126 valence electrons. The number of likely N-dealkylation sites (tertiary alicyclic amines) is 1. The molecule has 4 rings (SSSR count). The first-order valence-corrected chi connectivity index (χ1v) is 8.48. The van der Waals surface area contributed by atoms with Gasteiger partial charge in [0.2, 0.25) is 0 Å². The Bertz CT molecular complexity index is 797. The van der Waals surface area contributed by atoms with E-state index in [0.29, 0.717) is 12.0 Å². The summed E-state index contributed by atoms with van der Waals surface area (Å²) in [5.74, 6) is 2.64. The van der Waals surface area contributed by atoms with Crippen molar-refractivity contribution in [2.24, 2.45) is 5.92 Å². The number of nitrogens with zero attached hydrogens (tertiary/aromatic N) is 4. The molecule has 0 radical (unpaired) electrons. The van der Waals surface area contributed by atoms with Crippen LogP contribution in [0.1, 0.15) is 19.1 Å². The first-order chi connectivity index (χ1) is 11.7. The summed E-state index contributed by atoms with van der Waals surface area (Å²) in [7, 11) is 2.15. The van der Waals surface area contributed by atoms with E-state index in [1.165, 1.54) is 6.42 Å². The SMILES string of the molecule is CC1CCN(Cc2ccco2)CC1N(C)c1ncnc2[nH]ccc12. The topological polar surface area (TPSA) is 61.2 Å². The molecule has 0 aromatic carbocycles. The lowest BCUT2D eigenvalue weighted by atomic mass is 9.92. The number of furan rings is 1. The van der Waals surface area contributed by atoms with Gasteiger partial charge in [-0.3, -0.25) is 4.90 Å². The maximum Gasteiger partial charge on any atom is 0.142 e. The summed E-state index contributed by atoms with van der Waals surface area (Å²) in [4.78, 5) is 16.8. The van der Waals surface area contributed by atoms with Crippen LogP contribution < -0.4 is 4.90 Å². The molecule has 1 saturated heterocycles. The van der Waals surface area contributed by atoms with E-state index in [9.17, 15) is 0 Å². The molecule has 1 aliphatic rings. The second-order valence-corrected chi connectivity index (χ2v) is 6.70. The van der Waals surface area contributed by atoms with E-state index >= 15 is 0 Å². The number of anilines is 1. The molecule has 3 aromatic rings. The summed E-state index contributed by atoms with van der Waals surface area (Å²) < 4.78 is 5.51. The van der Waals surface area contributed by atoms with Crippen molar-refractivity contribution in [3.63, 3.8) is 0 Å². The molecule has 2 unspecified atom stereocenters. The van der Waals surface area contributed by atoms with Gasteiger partial charge in [0.1, 0.15) is 23.6 Å². The van der Waals surface area contributed by atoms with Crippen LogP contribution in [-0.4, -0.2) is 46.0 Å². The van der Waals surface area contributed by atoms with Crippen molar-refractivity contribution in [2.45, 2.75) is 25.9 Å². The Morgan fingerprint density at radius 1 is 1.38 bits per heavy atom. The van der Waals surface area contributed by atoms with Gasteiger partial charge in [-0.15, -0.1) is 0 Å². The van der Waals surface area contributed by atoms with Crippen molar-refractivity contribution in [3.8, 4) is 0 Å². The van der Waals surface area contributed by atoms with Gasteiger partial charge >= 0.3 is 0 Å². The Hall–Kier alpha value is -2.34. The maximum atomic E-state index is 5.51. The molecule has 0 bridgehead atoms. The monoisotopic (exact) mass is 325 g/mol. The second-order valence-electron chi connectivity index (χ2n) is 6.70. The fraction of sp³-hybridized carbons (Fsp3) is 0.444. The quantitative estimate of drug-likeness (QED) is 0.799. The van der Waals surface area contributed by atoms with Gasteiger partial charge in [0, 0.05) is 25.8 Å². The van der Waals surface area contributed by atoms with E-state index in [1.54, 1.807) is 12.6 Å². The lowest BCUT2D eigenvalue weighted by Gasteiger charge is -2.42. The summed E-state index contributed by atoms with van der Waals surface area (Å²) >= 11 is 0. The Morgan fingerprint density at radius 2 is 2.29 bits per heavy atom. The van der Waals surface area contributed by atoms with E-state index in [-0.39, 0.29) is 0 Å². The molecular formula is C18H23N5O. The number of aromatic amines is 1. The summed E-state index contributed by atoms with van der Waals surface area (Å²) in [6.07, 6.45) is 6.48. The predicted molar refractivity (Wildman–Crippen MR) is 93.8 cm³/mol. The van der Waals surface area contributed by atoms with Crippen molar-refractivity contribution in [2.75, 3.05) is 25.0 Å². The van der Waals surface area contributed by atoms with E-state index in [4.69, 9.17) is 4.42 Å². The number of hydrogen-bond donors (Lipinski definition) is 1. The third-order valence-electron chi connectivity index (χ3n) is 5.13.